The molecule has 98 valence electrons. The topological polar surface area (TPSA) is 45.8 Å². The largest absolute Gasteiger partial charge is 0.311 e. The second-order valence-corrected chi connectivity index (χ2v) is 5.29. The van der Waals surface area contributed by atoms with E-state index in [-0.39, 0.29) is 11.5 Å². The summed E-state index contributed by atoms with van der Waals surface area (Å²) < 4.78 is 1.63. The van der Waals surface area contributed by atoms with Crippen molar-refractivity contribution < 1.29 is 0 Å². The van der Waals surface area contributed by atoms with Gasteiger partial charge in [-0.15, -0.1) is 0 Å². The van der Waals surface area contributed by atoms with Gasteiger partial charge in [-0.25, -0.2) is 0 Å². The van der Waals surface area contributed by atoms with Crippen molar-refractivity contribution in [2.45, 2.75) is 32.6 Å². The summed E-state index contributed by atoms with van der Waals surface area (Å²) in [7, 11) is 1.76. The smallest absolute Gasteiger partial charge is 0.255 e. The highest BCUT2D eigenvalue weighted by Gasteiger charge is 2.13. The van der Waals surface area contributed by atoms with Gasteiger partial charge in [-0.05, 0) is 42.0 Å². The Morgan fingerprint density at radius 2 is 1.89 bits per heavy atom. The van der Waals surface area contributed by atoms with E-state index in [0.29, 0.717) is 11.5 Å². The first-order valence-corrected chi connectivity index (χ1v) is 6.49. The Balaban J connectivity index is 2.79. The van der Waals surface area contributed by atoms with Crippen molar-refractivity contribution in [3.05, 3.63) is 45.7 Å². The third-order valence-corrected chi connectivity index (χ3v) is 3.60. The zero-order valence-electron chi connectivity index (χ0n) is 11.8. The van der Waals surface area contributed by atoms with Gasteiger partial charge in [0.1, 0.15) is 0 Å². The summed E-state index contributed by atoms with van der Waals surface area (Å²) in [5.41, 5.74) is 2.63. The molecule has 0 radical (unpaired) electrons. The van der Waals surface area contributed by atoms with E-state index in [4.69, 9.17) is 5.26 Å². The molecule has 19 heavy (non-hydrogen) atoms. The lowest BCUT2D eigenvalue weighted by Crippen LogP contribution is -2.22. The van der Waals surface area contributed by atoms with Crippen LogP contribution in [0.4, 0.5) is 0 Å². The molecule has 2 rings (SSSR count). The zero-order chi connectivity index (χ0) is 14.2. The van der Waals surface area contributed by atoms with Gasteiger partial charge in [0.15, 0.2) is 0 Å². The van der Waals surface area contributed by atoms with Gasteiger partial charge in [0, 0.05) is 12.6 Å². The average Bonchev–Trinajstić information content (AvgIpc) is 2.41. The maximum absolute atomic E-state index is 12.2. The fourth-order valence-electron chi connectivity index (χ4n) is 2.27. The molecule has 0 N–H and O–H groups in total. The predicted octanol–water partition coefficient (Wildman–Crippen LogP) is 3.29. The summed E-state index contributed by atoms with van der Waals surface area (Å²) >= 11 is 0. The summed E-state index contributed by atoms with van der Waals surface area (Å²) in [6.45, 7) is 6.04. The number of aromatic nitrogens is 1. The van der Waals surface area contributed by atoms with E-state index in [9.17, 15) is 4.79 Å². The molecule has 1 heterocycles. The molecule has 0 bridgehead atoms. The van der Waals surface area contributed by atoms with E-state index in [2.05, 4.69) is 32.0 Å². The second-order valence-electron chi connectivity index (χ2n) is 5.29. The molecule has 0 amide bonds. The number of pyridine rings is 1. The summed E-state index contributed by atoms with van der Waals surface area (Å²) in [6, 6.07) is 10.1. The number of hydrogen-bond donors (Lipinski definition) is 0. The SMILES string of the molecule is CC(C)c1ccc2c(c1)cc(C(C)C#N)c(=O)n2C. The van der Waals surface area contributed by atoms with Crippen LogP contribution in [0, 0.1) is 11.3 Å². The fourth-order valence-corrected chi connectivity index (χ4v) is 2.27. The molecule has 1 aromatic carbocycles. The lowest BCUT2D eigenvalue weighted by molar-refractivity contribution is 0.844. The normalized spacial score (nSPS) is 12.6. The molecule has 0 saturated heterocycles. The van der Waals surface area contributed by atoms with Crippen LogP contribution in [0.15, 0.2) is 29.1 Å². The maximum Gasteiger partial charge on any atom is 0.255 e. The quantitative estimate of drug-likeness (QED) is 0.825. The highest BCUT2D eigenvalue weighted by atomic mass is 16.1. The molecule has 1 atom stereocenters. The van der Waals surface area contributed by atoms with Crippen LogP contribution in [0.5, 0.6) is 0 Å². The number of nitrogens with zero attached hydrogens (tertiary/aromatic N) is 2. The molecule has 1 unspecified atom stereocenters. The highest BCUT2D eigenvalue weighted by Crippen LogP contribution is 2.22. The van der Waals surface area contributed by atoms with Crippen LogP contribution < -0.4 is 5.56 Å². The Labute approximate surface area is 113 Å². The molecular weight excluding hydrogens is 236 g/mol. The third-order valence-electron chi connectivity index (χ3n) is 3.60. The van der Waals surface area contributed by atoms with Gasteiger partial charge >= 0.3 is 0 Å². The number of benzene rings is 1. The molecule has 3 nitrogen and oxygen atoms in total. The van der Waals surface area contributed by atoms with E-state index in [0.717, 1.165) is 10.9 Å². The lowest BCUT2D eigenvalue weighted by atomic mass is 9.98. The van der Waals surface area contributed by atoms with Gasteiger partial charge < -0.3 is 4.57 Å². The summed E-state index contributed by atoms with van der Waals surface area (Å²) in [5.74, 6) is 0.0595. The number of nitriles is 1. The van der Waals surface area contributed by atoms with Crippen molar-refractivity contribution in [1.29, 1.82) is 5.26 Å². The number of aryl methyl sites for hydroxylation is 1. The molecule has 0 spiro atoms. The van der Waals surface area contributed by atoms with E-state index in [1.54, 1.807) is 18.5 Å². The van der Waals surface area contributed by atoms with Gasteiger partial charge in [0.2, 0.25) is 0 Å². The lowest BCUT2D eigenvalue weighted by Gasteiger charge is -2.12. The van der Waals surface area contributed by atoms with Crippen LogP contribution >= 0.6 is 0 Å². The molecule has 0 aliphatic carbocycles. The van der Waals surface area contributed by atoms with E-state index >= 15 is 0 Å². The molecule has 2 aromatic rings. The Bertz CT molecular complexity index is 720. The molecular formula is C16H18N2O. The highest BCUT2D eigenvalue weighted by molar-refractivity contribution is 5.80. The number of rotatable bonds is 2. The van der Waals surface area contributed by atoms with E-state index in [1.807, 2.05) is 12.1 Å². The summed E-state index contributed by atoms with van der Waals surface area (Å²) in [4.78, 5) is 12.2. The third kappa shape index (κ3) is 2.26. The zero-order valence-corrected chi connectivity index (χ0v) is 11.8. The number of hydrogen-bond acceptors (Lipinski definition) is 2. The van der Waals surface area contributed by atoms with Crippen LogP contribution in [0.2, 0.25) is 0 Å². The first-order chi connectivity index (χ1) is 8.95. The van der Waals surface area contributed by atoms with Crippen molar-refractivity contribution in [3.8, 4) is 6.07 Å². The van der Waals surface area contributed by atoms with Crippen LogP contribution in [0.3, 0.4) is 0 Å². The monoisotopic (exact) mass is 254 g/mol. The van der Waals surface area contributed by atoms with Crippen molar-refractivity contribution in [2.24, 2.45) is 7.05 Å². The van der Waals surface area contributed by atoms with Crippen molar-refractivity contribution >= 4 is 10.9 Å². The van der Waals surface area contributed by atoms with E-state index < -0.39 is 0 Å². The Morgan fingerprint density at radius 3 is 2.47 bits per heavy atom. The van der Waals surface area contributed by atoms with Gasteiger partial charge in [-0.2, -0.15) is 5.26 Å². The predicted molar refractivity (Wildman–Crippen MR) is 77.3 cm³/mol. The Morgan fingerprint density at radius 1 is 1.21 bits per heavy atom. The molecule has 0 fully saturated rings. The molecule has 3 heteroatoms. The Kier molecular flexibility index (Phi) is 3.44. The molecule has 0 saturated carbocycles. The van der Waals surface area contributed by atoms with Crippen LogP contribution in [-0.4, -0.2) is 4.57 Å². The van der Waals surface area contributed by atoms with Gasteiger partial charge in [0.25, 0.3) is 5.56 Å². The fraction of sp³-hybridized carbons (Fsp3) is 0.375. The van der Waals surface area contributed by atoms with Gasteiger partial charge in [0.05, 0.1) is 17.5 Å². The minimum atomic E-state index is -0.384. The minimum absolute atomic E-state index is 0.0844. The summed E-state index contributed by atoms with van der Waals surface area (Å²) in [6.07, 6.45) is 0. The Hall–Kier alpha value is -2.08. The maximum atomic E-state index is 12.2. The van der Waals surface area contributed by atoms with Gasteiger partial charge in [-0.1, -0.05) is 19.9 Å². The van der Waals surface area contributed by atoms with Gasteiger partial charge in [-0.3, -0.25) is 4.79 Å². The molecule has 0 aliphatic heterocycles. The first kappa shape index (κ1) is 13.4. The van der Waals surface area contributed by atoms with Crippen LogP contribution in [0.25, 0.3) is 10.9 Å². The van der Waals surface area contributed by atoms with Crippen LogP contribution in [-0.2, 0) is 7.05 Å². The van der Waals surface area contributed by atoms with Crippen molar-refractivity contribution in [2.75, 3.05) is 0 Å². The molecule has 1 aromatic heterocycles. The minimum Gasteiger partial charge on any atom is -0.311 e. The van der Waals surface area contributed by atoms with Crippen molar-refractivity contribution in [3.63, 3.8) is 0 Å². The van der Waals surface area contributed by atoms with Crippen LogP contribution in [0.1, 0.15) is 43.7 Å². The van der Waals surface area contributed by atoms with E-state index in [1.165, 1.54) is 5.56 Å². The molecule has 0 aliphatic rings. The standard InChI is InChI=1S/C16H18N2O/c1-10(2)12-5-6-15-13(7-12)8-14(11(3)9-17)16(19)18(15)4/h5-8,10-11H,1-4H3. The summed E-state index contributed by atoms with van der Waals surface area (Å²) in [5, 5.41) is 10.0. The first-order valence-electron chi connectivity index (χ1n) is 6.49. The average molecular weight is 254 g/mol. The second kappa shape index (κ2) is 4.89. The number of fused-ring (bicyclic) bond motifs is 1. The van der Waals surface area contributed by atoms with Crippen molar-refractivity contribution in [1.82, 2.24) is 4.57 Å².